The Bertz CT molecular complexity index is 795. The van der Waals surface area contributed by atoms with Crippen LogP contribution in [0.5, 0.6) is 5.75 Å². The first-order valence-electron chi connectivity index (χ1n) is 8.12. The summed E-state index contributed by atoms with van der Waals surface area (Å²) in [6.07, 6.45) is 0.253. The van der Waals surface area contributed by atoms with Gasteiger partial charge in [0.15, 0.2) is 0 Å². The van der Waals surface area contributed by atoms with E-state index >= 15 is 0 Å². The maximum Gasteiger partial charge on any atom is 0.407 e. The second-order valence-corrected chi connectivity index (χ2v) is 7.06. The van der Waals surface area contributed by atoms with Crippen molar-refractivity contribution in [3.8, 4) is 5.75 Å². The number of nitrogens with zero attached hydrogens (tertiary/aromatic N) is 3. The summed E-state index contributed by atoms with van der Waals surface area (Å²) in [4.78, 5) is 17.6. The number of imidazole rings is 1. The highest BCUT2D eigenvalue weighted by Gasteiger charge is 2.34. The Morgan fingerprint density at radius 2 is 2.08 bits per heavy atom. The molecule has 2 aromatic rings. The molecule has 1 aromatic heterocycles. The van der Waals surface area contributed by atoms with Crippen molar-refractivity contribution in [1.82, 2.24) is 14.5 Å². The van der Waals surface area contributed by atoms with Crippen LogP contribution >= 0.6 is 22.6 Å². The van der Waals surface area contributed by atoms with Gasteiger partial charge in [0.1, 0.15) is 15.3 Å². The molecule has 0 bridgehead atoms. The molecule has 0 radical (unpaired) electrons. The largest absolute Gasteiger partial charge is 0.465 e. The van der Waals surface area contributed by atoms with Crippen LogP contribution in [-0.4, -0.2) is 38.8 Å². The molecule has 140 valence electrons. The number of carboxylic acid groups (broad SMARTS) is 1. The number of fused-ring (bicyclic) bond motifs is 1. The van der Waals surface area contributed by atoms with E-state index in [2.05, 4.69) is 36.9 Å². The Morgan fingerprint density at radius 3 is 2.69 bits per heavy atom. The lowest BCUT2D eigenvalue weighted by Gasteiger charge is -2.35. The molecule has 1 atom stereocenters. The number of aromatic nitrogens is 2. The number of amides is 1. The Labute approximate surface area is 162 Å². The van der Waals surface area contributed by atoms with E-state index in [9.17, 15) is 18.7 Å². The van der Waals surface area contributed by atoms with Gasteiger partial charge < -0.3 is 14.4 Å². The number of hydrogen-bond acceptors (Lipinski definition) is 3. The number of rotatable bonds is 5. The highest BCUT2D eigenvalue weighted by atomic mass is 127. The molecule has 0 spiro atoms. The predicted octanol–water partition coefficient (Wildman–Crippen LogP) is 4.07. The van der Waals surface area contributed by atoms with Crippen molar-refractivity contribution in [3.63, 3.8) is 0 Å². The number of hydrogen-bond donors (Lipinski definition) is 1. The molecule has 2 heterocycles. The standard InChI is InChI=1S/C17H18F2IN3O3/c1-10-21-15(20)14-13(23(17(24)25)9-8-22(10)14)7-4-11-2-5-12(6-3-11)26-16(18)19/h2-3,5-6,13,16H,4,7-9H2,1H3,(H,24,25). The summed E-state index contributed by atoms with van der Waals surface area (Å²) in [6, 6.07) is 6.15. The first-order chi connectivity index (χ1) is 12.4. The maximum atomic E-state index is 12.2. The molecule has 9 heteroatoms. The minimum atomic E-state index is -2.85. The molecule has 0 aliphatic carbocycles. The van der Waals surface area contributed by atoms with Crippen LogP contribution in [0.1, 0.15) is 29.5 Å². The quantitative estimate of drug-likeness (QED) is 0.660. The summed E-state index contributed by atoms with van der Waals surface area (Å²) < 4.78 is 31.7. The maximum absolute atomic E-state index is 12.2. The third-order valence-corrected chi connectivity index (χ3v) is 5.30. The molecule has 0 fully saturated rings. The van der Waals surface area contributed by atoms with E-state index in [1.165, 1.54) is 17.0 Å². The lowest BCUT2D eigenvalue weighted by molar-refractivity contribution is -0.0498. The molecule has 3 rings (SSSR count). The third-order valence-electron chi connectivity index (χ3n) is 4.51. The van der Waals surface area contributed by atoms with Crippen LogP contribution in [-0.2, 0) is 13.0 Å². The zero-order valence-electron chi connectivity index (χ0n) is 14.0. The minimum Gasteiger partial charge on any atom is -0.465 e. The predicted molar refractivity (Wildman–Crippen MR) is 98.5 cm³/mol. The van der Waals surface area contributed by atoms with Crippen molar-refractivity contribution in [3.05, 3.63) is 45.0 Å². The van der Waals surface area contributed by atoms with Crippen molar-refractivity contribution in [2.75, 3.05) is 6.54 Å². The average molecular weight is 477 g/mol. The van der Waals surface area contributed by atoms with E-state index < -0.39 is 12.7 Å². The molecule has 0 saturated carbocycles. The van der Waals surface area contributed by atoms with E-state index in [4.69, 9.17) is 0 Å². The first kappa shape index (κ1) is 18.9. The minimum absolute atomic E-state index is 0.108. The van der Waals surface area contributed by atoms with Crippen molar-refractivity contribution < 1.29 is 23.4 Å². The molecule has 1 amide bonds. The van der Waals surface area contributed by atoms with Gasteiger partial charge >= 0.3 is 12.7 Å². The van der Waals surface area contributed by atoms with Crippen molar-refractivity contribution in [1.29, 1.82) is 0 Å². The van der Waals surface area contributed by atoms with Gasteiger partial charge in [0, 0.05) is 13.1 Å². The number of aryl methyl sites for hydroxylation is 2. The van der Waals surface area contributed by atoms with Gasteiger partial charge in [-0.15, -0.1) is 0 Å². The fraction of sp³-hybridized carbons (Fsp3) is 0.412. The summed E-state index contributed by atoms with van der Waals surface area (Å²) in [7, 11) is 0. The van der Waals surface area contributed by atoms with E-state index in [0.29, 0.717) is 25.9 Å². The van der Waals surface area contributed by atoms with Gasteiger partial charge in [-0.2, -0.15) is 8.78 Å². The van der Waals surface area contributed by atoms with E-state index in [0.717, 1.165) is 20.8 Å². The molecule has 1 aliphatic rings. The molecular formula is C17H18F2IN3O3. The fourth-order valence-corrected chi connectivity index (χ4v) is 4.32. The van der Waals surface area contributed by atoms with Gasteiger partial charge in [0.25, 0.3) is 0 Å². The van der Waals surface area contributed by atoms with E-state index in [1.54, 1.807) is 12.1 Å². The zero-order chi connectivity index (χ0) is 18.8. The summed E-state index contributed by atoms with van der Waals surface area (Å²) in [6.45, 7) is 0.0833. The fourth-order valence-electron chi connectivity index (χ4n) is 3.32. The van der Waals surface area contributed by atoms with Gasteiger partial charge in [-0.05, 0) is 60.1 Å². The van der Waals surface area contributed by atoms with Crippen LogP contribution in [0.4, 0.5) is 13.6 Å². The van der Waals surface area contributed by atoms with Crippen molar-refractivity contribution >= 4 is 28.7 Å². The summed E-state index contributed by atoms with van der Waals surface area (Å²) >= 11 is 2.14. The van der Waals surface area contributed by atoms with Crippen LogP contribution in [0.2, 0.25) is 0 Å². The van der Waals surface area contributed by atoms with Crippen molar-refractivity contribution in [2.24, 2.45) is 0 Å². The van der Waals surface area contributed by atoms with Crippen LogP contribution in [0, 0.1) is 10.6 Å². The van der Waals surface area contributed by atoms with Gasteiger partial charge in [0.05, 0.1) is 11.7 Å². The second-order valence-electron chi connectivity index (χ2n) is 6.04. The first-order valence-corrected chi connectivity index (χ1v) is 9.20. The van der Waals surface area contributed by atoms with E-state index in [-0.39, 0.29) is 11.8 Å². The Hall–Kier alpha value is -1.91. The highest BCUT2D eigenvalue weighted by molar-refractivity contribution is 14.1. The lowest BCUT2D eigenvalue weighted by atomic mass is 10.0. The van der Waals surface area contributed by atoms with Crippen LogP contribution < -0.4 is 4.74 Å². The normalized spacial score (nSPS) is 16.7. The SMILES string of the molecule is Cc1nc(I)c2n1CCN(C(=O)O)C2CCc1ccc(OC(F)F)cc1. The molecule has 6 nitrogen and oxygen atoms in total. The number of alkyl halides is 2. The highest BCUT2D eigenvalue weighted by Crippen LogP contribution is 2.34. The number of benzene rings is 1. The van der Waals surface area contributed by atoms with Gasteiger partial charge in [-0.3, -0.25) is 4.90 Å². The lowest BCUT2D eigenvalue weighted by Crippen LogP contribution is -2.42. The molecule has 1 aromatic carbocycles. The van der Waals surface area contributed by atoms with Gasteiger partial charge in [0.2, 0.25) is 0 Å². The smallest absolute Gasteiger partial charge is 0.407 e. The second kappa shape index (κ2) is 7.77. The Balaban J connectivity index is 1.77. The van der Waals surface area contributed by atoms with Gasteiger partial charge in [-0.1, -0.05) is 12.1 Å². The topological polar surface area (TPSA) is 67.6 Å². The number of ether oxygens (including phenoxy) is 1. The summed E-state index contributed by atoms with van der Waals surface area (Å²) in [5.74, 6) is 0.991. The van der Waals surface area contributed by atoms with Crippen LogP contribution in [0.15, 0.2) is 24.3 Å². The zero-order valence-corrected chi connectivity index (χ0v) is 16.2. The third kappa shape index (κ3) is 3.92. The van der Waals surface area contributed by atoms with Crippen LogP contribution in [0.3, 0.4) is 0 Å². The number of carbonyl (C=O) groups is 1. The molecule has 1 N–H and O–H groups in total. The molecule has 1 aliphatic heterocycles. The van der Waals surface area contributed by atoms with Crippen LogP contribution in [0.25, 0.3) is 0 Å². The Morgan fingerprint density at radius 1 is 1.38 bits per heavy atom. The Kier molecular flexibility index (Phi) is 5.64. The number of halogens is 3. The molecule has 0 saturated heterocycles. The molecule has 26 heavy (non-hydrogen) atoms. The molecule has 1 unspecified atom stereocenters. The monoisotopic (exact) mass is 477 g/mol. The molecular weight excluding hydrogens is 459 g/mol. The van der Waals surface area contributed by atoms with Gasteiger partial charge in [-0.25, -0.2) is 9.78 Å². The summed E-state index contributed by atoms with van der Waals surface area (Å²) in [5.41, 5.74) is 1.86. The van der Waals surface area contributed by atoms with Crippen molar-refractivity contribution in [2.45, 2.75) is 39.0 Å². The summed E-state index contributed by atoms with van der Waals surface area (Å²) in [5, 5.41) is 9.56. The van der Waals surface area contributed by atoms with E-state index in [1.807, 2.05) is 6.92 Å². The average Bonchev–Trinajstić information content (AvgIpc) is 2.88.